The van der Waals surface area contributed by atoms with Crippen LogP contribution in [0.3, 0.4) is 0 Å². The number of morpholine rings is 1. The normalized spacial score (nSPS) is 20.1. The SMILES string of the molecule is CCC(C)(CCO)NCC(=O)N1CCOCC1. The molecule has 1 rings (SSSR count). The number of nitrogens with one attached hydrogen (secondary N) is 1. The highest BCUT2D eigenvalue weighted by Crippen LogP contribution is 2.13. The van der Waals surface area contributed by atoms with Crippen molar-refractivity contribution in [1.29, 1.82) is 0 Å². The first-order valence-electron chi connectivity index (χ1n) is 6.33. The Morgan fingerprint density at radius 1 is 1.47 bits per heavy atom. The Kier molecular flexibility index (Phi) is 5.88. The van der Waals surface area contributed by atoms with Crippen molar-refractivity contribution in [1.82, 2.24) is 10.2 Å². The third-order valence-electron chi connectivity index (χ3n) is 3.47. The average molecular weight is 244 g/mol. The first-order chi connectivity index (χ1) is 8.11. The van der Waals surface area contributed by atoms with E-state index >= 15 is 0 Å². The van der Waals surface area contributed by atoms with Crippen molar-refractivity contribution in [3.8, 4) is 0 Å². The van der Waals surface area contributed by atoms with Crippen LogP contribution in [0.5, 0.6) is 0 Å². The van der Waals surface area contributed by atoms with E-state index in [1.54, 1.807) is 0 Å². The maximum Gasteiger partial charge on any atom is 0.236 e. The zero-order valence-corrected chi connectivity index (χ0v) is 10.9. The third-order valence-corrected chi connectivity index (χ3v) is 3.47. The van der Waals surface area contributed by atoms with Gasteiger partial charge in [-0.15, -0.1) is 0 Å². The lowest BCUT2D eigenvalue weighted by Crippen LogP contribution is -2.50. The standard InChI is InChI=1S/C12H24N2O3/c1-3-12(2,4-7-15)13-10-11(16)14-5-8-17-9-6-14/h13,15H,3-10H2,1-2H3. The molecule has 1 aliphatic rings. The van der Waals surface area contributed by atoms with Gasteiger partial charge >= 0.3 is 0 Å². The lowest BCUT2D eigenvalue weighted by Gasteiger charge is -2.32. The van der Waals surface area contributed by atoms with E-state index in [9.17, 15) is 4.79 Å². The zero-order chi connectivity index (χ0) is 12.7. The second kappa shape index (κ2) is 6.93. The second-order valence-electron chi connectivity index (χ2n) is 4.73. The van der Waals surface area contributed by atoms with E-state index in [0.717, 1.165) is 6.42 Å². The topological polar surface area (TPSA) is 61.8 Å². The number of aliphatic hydroxyl groups is 1. The van der Waals surface area contributed by atoms with Crippen molar-refractivity contribution in [2.45, 2.75) is 32.2 Å². The molecule has 5 nitrogen and oxygen atoms in total. The van der Waals surface area contributed by atoms with Crippen molar-refractivity contribution >= 4 is 5.91 Å². The number of nitrogens with zero attached hydrogens (tertiary/aromatic N) is 1. The number of hydrogen-bond acceptors (Lipinski definition) is 4. The minimum absolute atomic E-state index is 0.117. The number of hydrogen-bond donors (Lipinski definition) is 2. The lowest BCUT2D eigenvalue weighted by atomic mass is 9.95. The highest BCUT2D eigenvalue weighted by Gasteiger charge is 2.23. The summed E-state index contributed by atoms with van der Waals surface area (Å²) in [5.41, 5.74) is -0.156. The van der Waals surface area contributed by atoms with Gasteiger partial charge in [-0.1, -0.05) is 6.92 Å². The molecule has 1 unspecified atom stereocenters. The molecule has 1 amide bonds. The molecule has 0 saturated carbocycles. The van der Waals surface area contributed by atoms with Crippen LogP contribution in [0.15, 0.2) is 0 Å². The Balaban J connectivity index is 2.35. The Labute approximate surface area is 103 Å². The molecule has 1 atom stereocenters. The van der Waals surface area contributed by atoms with E-state index in [2.05, 4.69) is 12.2 Å². The summed E-state index contributed by atoms with van der Waals surface area (Å²) >= 11 is 0. The molecule has 100 valence electrons. The van der Waals surface area contributed by atoms with Crippen LogP contribution in [0.1, 0.15) is 26.7 Å². The van der Waals surface area contributed by atoms with Gasteiger partial charge in [0.15, 0.2) is 0 Å². The maximum atomic E-state index is 11.9. The quantitative estimate of drug-likeness (QED) is 0.689. The molecule has 0 bridgehead atoms. The number of rotatable bonds is 6. The van der Waals surface area contributed by atoms with Gasteiger partial charge in [-0.3, -0.25) is 4.79 Å². The second-order valence-corrected chi connectivity index (χ2v) is 4.73. The van der Waals surface area contributed by atoms with E-state index in [4.69, 9.17) is 9.84 Å². The van der Waals surface area contributed by atoms with Crippen molar-refractivity contribution in [3.05, 3.63) is 0 Å². The minimum atomic E-state index is -0.156. The van der Waals surface area contributed by atoms with Crippen molar-refractivity contribution in [3.63, 3.8) is 0 Å². The fraction of sp³-hybridized carbons (Fsp3) is 0.917. The number of ether oxygens (including phenoxy) is 1. The molecule has 1 saturated heterocycles. The molecule has 17 heavy (non-hydrogen) atoms. The number of carbonyl (C=O) groups is 1. The Hall–Kier alpha value is -0.650. The van der Waals surface area contributed by atoms with Crippen LogP contribution in [0.2, 0.25) is 0 Å². The summed E-state index contributed by atoms with van der Waals surface area (Å²) in [6, 6.07) is 0. The Bertz CT molecular complexity index is 242. The van der Waals surface area contributed by atoms with Crippen LogP contribution in [-0.4, -0.2) is 60.9 Å². The number of amides is 1. The van der Waals surface area contributed by atoms with Crippen LogP contribution in [0.4, 0.5) is 0 Å². The van der Waals surface area contributed by atoms with Crippen molar-refractivity contribution in [2.75, 3.05) is 39.5 Å². The third kappa shape index (κ3) is 4.61. The van der Waals surface area contributed by atoms with E-state index in [0.29, 0.717) is 39.3 Å². The van der Waals surface area contributed by atoms with Gasteiger partial charge in [-0.25, -0.2) is 0 Å². The van der Waals surface area contributed by atoms with Crippen LogP contribution < -0.4 is 5.32 Å². The molecule has 0 aliphatic carbocycles. The molecule has 1 aliphatic heterocycles. The van der Waals surface area contributed by atoms with E-state index in [1.165, 1.54) is 0 Å². The van der Waals surface area contributed by atoms with Gasteiger partial charge in [-0.2, -0.15) is 0 Å². The fourth-order valence-corrected chi connectivity index (χ4v) is 1.85. The molecular weight excluding hydrogens is 220 g/mol. The molecule has 1 fully saturated rings. The van der Waals surface area contributed by atoms with Gasteiger partial charge in [0.2, 0.25) is 5.91 Å². The van der Waals surface area contributed by atoms with E-state index in [1.807, 2.05) is 11.8 Å². The molecule has 0 aromatic heterocycles. The van der Waals surface area contributed by atoms with E-state index in [-0.39, 0.29) is 18.1 Å². The molecule has 0 aromatic rings. The summed E-state index contributed by atoms with van der Waals surface area (Å²) < 4.78 is 5.21. The monoisotopic (exact) mass is 244 g/mol. The molecule has 0 radical (unpaired) electrons. The molecule has 2 N–H and O–H groups in total. The van der Waals surface area contributed by atoms with Gasteiger partial charge in [-0.05, 0) is 19.8 Å². The van der Waals surface area contributed by atoms with Gasteiger partial charge in [0.1, 0.15) is 0 Å². The van der Waals surface area contributed by atoms with Crippen LogP contribution in [-0.2, 0) is 9.53 Å². The van der Waals surface area contributed by atoms with Crippen molar-refractivity contribution < 1.29 is 14.6 Å². The Morgan fingerprint density at radius 2 is 2.12 bits per heavy atom. The lowest BCUT2D eigenvalue weighted by molar-refractivity contribution is -0.134. The van der Waals surface area contributed by atoms with E-state index < -0.39 is 0 Å². The van der Waals surface area contributed by atoms with Crippen molar-refractivity contribution in [2.24, 2.45) is 0 Å². The highest BCUT2D eigenvalue weighted by atomic mass is 16.5. The van der Waals surface area contributed by atoms with Crippen LogP contribution >= 0.6 is 0 Å². The number of carbonyl (C=O) groups excluding carboxylic acids is 1. The molecule has 0 aromatic carbocycles. The summed E-state index contributed by atoms with van der Waals surface area (Å²) in [7, 11) is 0. The van der Waals surface area contributed by atoms with Gasteiger partial charge < -0.3 is 20.1 Å². The van der Waals surface area contributed by atoms with Gasteiger partial charge in [0, 0.05) is 25.2 Å². The Morgan fingerprint density at radius 3 is 2.65 bits per heavy atom. The zero-order valence-electron chi connectivity index (χ0n) is 10.9. The predicted octanol–water partition coefficient (Wildman–Crippen LogP) is -0.0141. The molecule has 1 heterocycles. The summed E-state index contributed by atoms with van der Waals surface area (Å²) in [4.78, 5) is 13.7. The first-order valence-corrected chi connectivity index (χ1v) is 6.33. The van der Waals surface area contributed by atoms with Gasteiger partial charge in [0.05, 0.1) is 19.8 Å². The number of aliphatic hydroxyl groups excluding tert-OH is 1. The fourth-order valence-electron chi connectivity index (χ4n) is 1.85. The predicted molar refractivity (Wildman–Crippen MR) is 65.8 cm³/mol. The summed E-state index contributed by atoms with van der Waals surface area (Å²) in [5, 5.41) is 12.2. The molecular formula is C12H24N2O3. The molecule has 0 spiro atoms. The average Bonchev–Trinajstić information content (AvgIpc) is 2.37. The summed E-state index contributed by atoms with van der Waals surface area (Å²) in [6.45, 7) is 7.21. The minimum Gasteiger partial charge on any atom is -0.396 e. The highest BCUT2D eigenvalue weighted by molar-refractivity contribution is 5.78. The van der Waals surface area contributed by atoms with Crippen LogP contribution in [0, 0.1) is 0 Å². The molecule has 5 heteroatoms. The summed E-state index contributed by atoms with van der Waals surface area (Å²) in [5.74, 6) is 0.117. The smallest absolute Gasteiger partial charge is 0.236 e. The largest absolute Gasteiger partial charge is 0.396 e. The maximum absolute atomic E-state index is 11.9. The van der Waals surface area contributed by atoms with Crippen LogP contribution in [0.25, 0.3) is 0 Å². The first kappa shape index (κ1) is 14.4. The summed E-state index contributed by atoms with van der Waals surface area (Å²) in [6.07, 6.45) is 1.56. The van der Waals surface area contributed by atoms with Gasteiger partial charge in [0.25, 0.3) is 0 Å².